The maximum absolute atomic E-state index is 13.8. The van der Waals surface area contributed by atoms with E-state index in [1.54, 1.807) is 17.5 Å². The largest absolute Gasteiger partial charge is 0.410 e. The van der Waals surface area contributed by atoms with Gasteiger partial charge in [0.25, 0.3) is 5.91 Å². The van der Waals surface area contributed by atoms with Crippen LogP contribution in [0, 0.1) is 11.6 Å². The predicted octanol–water partition coefficient (Wildman–Crippen LogP) is 5.14. The first-order valence-corrected chi connectivity index (χ1v) is 9.32. The van der Waals surface area contributed by atoms with Gasteiger partial charge in [-0.1, -0.05) is 6.07 Å². The molecule has 2 N–H and O–H groups in total. The quantitative estimate of drug-likeness (QED) is 0.569. The van der Waals surface area contributed by atoms with Crippen LogP contribution < -0.4 is 10.6 Å². The van der Waals surface area contributed by atoms with Crippen molar-refractivity contribution >= 4 is 28.7 Å². The molecule has 3 heterocycles. The van der Waals surface area contributed by atoms with Crippen LogP contribution in [-0.4, -0.2) is 21.9 Å². The maximum Gasteiger partial charge on any atom is 0.410 e. The molecule has 152 valence electrons. The number of benzene rings is 1. The van der Waals surface area contributed by atoms with Crippen LogP contribution in [0.1, 0.15) is 33.7 Å². The van der Waals surface area contributed by atoms with E-state index in [1.807, 2.05) is 0 Å². The highest BCUT2D eigenvalue weighted by atomic mass is 32.1. The first kappa shape index (κ1) is 19.4. The van der Waals surface area contributed by atoms with Gasteiger partial charge in [0.05, 0.1) is 17.9 Å². The summed E-state index contributed by atoms with van der Waals surface area (Å²) in [7, 11) is 0. The van der Waals surface area contributed by atoms with Gasteiger partial charge in [-0.05, 0) is 23.6 Å². The molecule has 3 aromatic rings. The molecule has 0 radical (unpaired) electrons. The number of thiophene rings is 1. The van der Waals surface area contributed by atoms with Crippen LogP contribution in [0.2, 0.25) is 0 Å². The molecular formula is C18H13F5N4OS. The van der Waals surface area contributed by atoms with Crippen molar-refractivity contribution in [2.75, 3.05) is 10.6 Å². The first-order chi connectivity index (χ1) is 13.7. The second-order valence-electron chi connectivity index (χ2n) is 6.44. The molecule has 2 atom stereocenters. The van der Waals surface area contributed by atoms with Crippen molar-refractivity contribution in [3.05, 3.63) is 64.0 Å². The van der Waals surface area contributed by atoms with Crippen LogP contribution in [0.5, 0.6) is 0 Å². The zero-order valence-electron chi connectivity index (χ0n) is 14.5. The minimum absolute atomic E-state index is 0.114. The van der Waals surface area contributed by atoms with Gasteiger partial charge >= 0.3 is 6.18 Å². The van der Waals surface area contributed by atoms with E-state index in [0.717, 1.165) is 23.0 Å². The fraction of sp³-hybridized carbons (Fsp3) is 0.222. The predicted molar refractivity (Wildman–Crippen MR) is 96.9 cm³/mol. The Kier molecular flexibility index (Phi) is 4.77. The van der Waals surface area contributed by atoms with E-state index in [9.17, 15) is 26.7 Å². The van der Waals surface area contributed by atoms with Gasteiger partial charge in [0.1, 0.15) is 23.0 Å². The van der Waals surface area contributed by atoms with Crippen molar-refractivity contribution in [2.45, 2.75) is 24.7 Å². The van der Waals surface area contributed by atoms with E-state index in [-0.39, 0.29) is 23.5 Å². The molecule has 0 fully saturated rings. The number of anilines is 2. The van der Waals surface area contributed by atoms with E-state index in [1.165, 1.54) is 11.3 Å². The summed E-state index contributed by atoms with van der Waals surface area (Å²) >= 11 is 1.29. The third kappa shape index (κ3) is 3.69. The number of halogens is 5. The molecule has 1 amide bonds. The number of rotatable bonds is 3. The summed E-state index contributed by atoms with van der Waals surface area (Å²) in [4.78, 5) is 13.3. The number of aromatic nitrogens is 2. The molecule has 2 aromatic heterocycles. The monoisotopic (exact) mass is 428 g/mol. The van der Waals surface area contributed by atoms with Crippen LogP contribution in [-0.2, 0) is 0 Å². The molecule has 0 unspecified atom stereocenters. The fourth-order valence-electron chi connectivity index (χ4n) is 3.19. The van der Waals surface area contributed by atoms with E-state index in [2.05, 4.69) is 15.7 Å². The lowest BCUT2D eigenvalue weighted by molar-refractivity contribution is -0.173. The summed E-state index contributed by atoms with van der Waals surface area (Å²) in [5.41, 5.74) is -0.474. The summed E-state index contributed by atoms with van der Waals surface area (Å²) in [5.74, 6) is -2.80. The minimum atomic E-state index is -4.57. The topological polar surface area (TPSA) is 59.0 Å². The van der Waals surface area contributed by atoms with E-state index >= 15 is 0 Å². The van der Waals surface area contributed by atoms with E-state index in [0.29, 0.717) is 10.9 Å². The molecule has 0 bridgehead atoms. The maximum atomic E-state index is 13.8. The molecule has 0 aliphatic carbocycles. The van der Waals surface area contributed by atoms with Crippen molar-refractivity contribution in [3.63, 3.8) is 0 Å². The van der Waals surface area contributed by atoms with E-state index < -0.39 is 35.8 Å². The number of nitrogens with zero attached hydrogens (tertiary/aromatic N) is 2. The number of carbonyl (C=O) groups is 1. The highest BCUT2D eigenvalue weighted by Crippen LogP contribution is 2.45. The van der Waals surface area contributed by atoms with Crippen LogP contribution in [0.3, 0.4) is 0 Å². The number of amides is 1. The van der Waals surface area contributed by atoms with E-state index in [4.69, 9.17) is 0 Å². The Morgan fingerprint density at radius 2 is 2.07 bits per heavy atom. The van der Waals surface area contributed by atoms with Gasteiger partial charge in [0.15, 0.2) is 6.04 Å². The van der Waals surface area contributed by atoms with Crippen LogP contribution in [0.15, 0.2) is 41.9 Å². The highest BCUT2D eigenvalue weighted by Gasteiger charge is 2.47. The number of nitrogens with one attached hydrogen (secondary N) is 2. The molecule has 4 rings (SSSR count). The van der Waals surface area contributed by atoms with Crippen molar-refractivity contribution in [1.29, 1.82) is 0 Å². The molecule has 1 aliphatic rings. The van der Waals surface area contributed by atoms with Gasteiger partial charge < -0.3 is 10.6 Å². The zero-order valence-corrected chi connectivity index (χ0v) is 15.3. The Morgan fingerprint density at radius 3 is 2.72 bits per heavy atom. The Morgan fingerprint density at radius 1 is 1.28 bits per heavy atom. The van der Waals surface area contributed by atoms with Crippen molar-refractivity contribution in [1.82, 2.24) is 9.78 Å². The normalized spacial score (nSPS) is 18.8. The number of hydrogen-bond donors (Lipinski definition) is 2. The molecular weight excluding hydrogens is 415 g/mol. The van der Waals surface area contributed by atoms with Crippen molar-refractivity contribution in [2.24, 2.45) is 0 Å². The lowest BCUT2D eigenvalue weighted by Gasteiger charge is -2.33. The highest BCUT2D eigenvalue weighted by molar-refractivity contribution is 7.10. The summed E-state index contributed by atoms with van der Waals surface area (Å²) < 4.78 is 68.4. The average molecular weight is 428 g/mol. The van der Waals surface area contributed by atoms with Gasteiger partial charge in [-0.2, -0.15) is 18.3 Å². The Hall–Kier alpha value is -2.95. The molecule has 5 nitrogen and oxygen atoms in total. The van der Waals surface area contributed by atoms with Gasteiger partial charge in [0, 0.05) is 17.4 Å². The third-order valence-corrected chi connectivity index (χ3v) is 5.53. The standard InChI is InChI=1S/C18H13F5N4OS/c19-9-3-4-12(11(20)6-9)26-17(28)10-8-24-27-15(18(21,22)23)7-13(25-16(10)27)14-2-1-5-29-14/h1-6,8,13,15,25H,7H2,(H,26,28)/t13-,15+/m0/s1. The third-order valence-electron chi connectivity index (χ3n) is 4.55. The zero-order chi connectivity index (χ0) is 20.8. The SMILES string of the molecule is O=C(Nc1ccc(F)cc1F)c1cnn2c1N[C@H](c1cccs1)C[C@@H]2C(F)(F)F. The number of fused-ring (bicyclic) bond motifs is 1. The van der Waals surface area contributed by atoms with Gasteiger partial charge in [-0.3, -0.25) is 4.79 Å². The lowest BCUT2D eigenvalue weighted by Crippen LogP contribution is -2.36. The first-order valence-electron chi connectivity index (χ1n) is 8.44. The number of hydrogen-bond acceptors (Lipinski definition) is 4. The number of alkyl halides is 3. The van der Waals surface area contributed by atoms with Crippen LogP contribution in [0.4, 0.5) is 33.5 Å². The summed E-state index contributed by atoms with van der Waals surface area (Å²) in [5, 5.41) is 10.7. The molecule has 0 saturated heterocycles. The molecule has 0 spiro atoms. The van der Waals surface area contributed by atoms with Gasteiger partial charge in [-0.25, -0.2) is 13.5 Å². The Labute approximate surface area is 165 Å². The van der Waals surface area contributed by atoms with Gasteiger partial charge in [-0.15, -0.1) is 11.3 Å². The molecule has 1 aromatic carbocycles. The molecule has 0 saturated carbocycles. The Bertz CT molecular complexity index is 1050. The summed E-state index contributed by atoms with van der Waals surface area (Å²) in [6, 6.07) is 3.41. The fourth-order valence-corrected chi connectivity index (χ4v) is 3.98. The van der Waals surface area contributed by atoms with Crippen molar-refractivity contribution in [3.8, 4) is 0 Å². The lowest BCUT2D eigenvalue weighted by atomic mass is 10.0. The smallest absolute Gasteiger partial charge is 0.362 e. The van der Waals surface area contributed by atoms with Crippen LogP contribution in [0.25, 0.3) is 0 Å². The Balaban J connectivity index is 1.69. The van der Waals surface area contributed by atoms with Gasteiger partial charge in [0.2, 0.25) is 0 Å². The molecule has 29 heavy (non-hydrogen) atoms. The van der Waals surface area contributed by atoms with Crippen LogP contribution >= 0.6 is 11.3 Å². The second-order valence-corrected chi connectivity index (χ2v) is 7.41. The molecule has 11 heteroatoms. The number of carbonyl (C=O) groups excluding carboxylic acids is 1. The average Bonchev–Trinajstić information content (AvgIpc) is 3.31. The summed E-state index contributed by atoms with van der Waals surface area (Å²) in [6.45, 7) is 0. The van der Waals surface area contributed by atoms with Crippen molar-refractivity contribution < 1.29 is 26.7 Å². The minimum Gasteiger partial charge on any atom is -0.362 e. The summed E-state index contributed by atoms with van der Waals surface area (Å²) in [6.07, 6.45) is -3.86. The second kappa shape index (κ2) is 7.14. The molecule has 1 aliphatic heterocycles.